The molecule has 1 aromatic rings. The van der Waals surface area contributed by atoms with Crippen LogP contribution in [0.1, 0.15) is 31.2 Å². The van der Waals surface area contributed by atoms with Gasteiger partial charge < -0.3 is 5.73 Å². The van der Waals surface area contributed by atoms with Crippen LogP contribution in [0.5, 0.6) is 0 Å². The molecule has 0 saturated heterocycles. The Kier molecular flexibility index (Phi) is 3.62. The molecule has 0 bridgehead atoms. The molecule has 98 valence electrons. The van der Waals surface area contributed by atoms with Crippen LogP contribution in [0, 0.1) is 5.92 Å². The number of hydrogen-bond acceptors (Lipinski definition) is 1. The molecule has 1 nitrogen and oxygen atoms in total. The number of hydrogen-bond donors (Lipinski definition) is 1. The molecular weight excluding hydrogens is 256 g/mol. The van der Waals surface area contributed by atoms with Crippen molar-refractivity contribution < 1.29 is 8.78 Å². The van der Waals surface area contributed by atoms with Gasteiger partial charge in [0.05, 0.1) is 0 Å². The zero-order valence-electron chi connectivity index (χ0n) is 10.1. The van der Waals surface area contributed by atoms with Crippen molar-refractivity contribution in [3.05, 3.63) is 35.4 Å². The van der Waals surface area contributed by atoms with Crippen molar-refractivity contribution in [2.24, 2.45) is 5.92 Å². The molecule has 0 heterocycles. The van der Waals surface area contributed by atoms with Gasteiger partial charge in [-0.05, 0) is 48.1 Å². The van der Waals surface area contributed by atoms with Gasteiger partial charge in [-0.3, -0.25) is 0 Å². The van der Waals surface area contributed by atoms with Crippen molar-refractivity contribution in [2.75, 3.05) is 5.73 Å². The smallest absolute Gasteiger partial charge is 0.248 e. The minimum atomic E-state index is -2.52. The Bertz CT molecular complexity index is 461. The maximum absolute atomic E-state index is 13.1. The van der Waals surface area contributed by atoms with Crippen LogP contribution in [0.4, 0.5) is 14.5 Å². The van der Waals surface area contributed by atoms with E-state index in [1.165, 1.54) is 0 Å². The Morgan fingerprint density at radius 3 is 2.56 bits per heavy atom. The van der Waals surface area contributed by atoms with Crippen LogP contribution in [-0.4, -0.2) is 5.92 Å². The largest absolute Gasteiger partial charge is 0.399 e. The highest BCUT2D eigenvalue weighted by Crippen LogP contribution is 2.42. The predicted molar refractivity (Wildman–Crippen MR) is 71.8 cm³/mol. The third-order valence-electron chi connectivity index (χ3n) is 3.55. The van der Waals surface area contributed by atoms with Gasteiger partial charge >= 0.3 is 0 Å². The molecule has 1 aliphatic rings. The Morgan fingerprint density at radius 1 is 1.33 bits per heavy atom. The van der Waals surface area contributed by atoms with E-state index in [0.717, 1.165) is 11.1 Å². The molecule has 2 N–H and O–H groups in total. The van der Waals surface area contributed by atoms with Crippen LogP contribution in [0.3, 0.4) is 0 Å². The number of alkyl halides is 2. The summed E-state index contributed by atoms with van der Waals surface area (Å²) in [6.07, 6.45) is 0.765. The maximum atomic E-state index is 13.1. The lowest BCUT2D eigenvalue weighted by Gasteiger charge is -2.30. The van der Waals surface area contributed by atoms with Crippen LogP contribution in [0.15, 0.2) is 24.8 Å². The summed E-state index contributed by atoms with van der Waals surface area (Å²) in [6, 6.07) is 5.19. The lowest BCUT2D eigenvalue weighted by atomic mass is 9.80. The first-order valence-electron chi connectivity index (χ1n) is 6.01. The Morgan fingerprint density at radius 2 is 1.94 bits per heavy atom. The van der Waals surface area contributed by atoms with E-state index in [4.69, 9.17) is 17.3 Å². The van der Waals surface area contributed by atoms with Crippen LogP contribution < -0.4 is 5.73 Å². The van der Waals surface area contributed by atoms with Crippen LogP contribution in [-0.2, 0) is 0 Å². The molecule has 0 amide bonds. The minimum Gasteiger partial charge on any atom is -0.399 e. The molecule has 0 unspecified atom stereocenters. The maximum Gasteiger partial charge on any atom is 0.248 e. The third kappa shape index (κ3) is 2.83. The number of nitrogens with two attached hydrogens (primary N) is 1. The van der Waals surface area contributed by atoms with Crippen molar-refractivity contribution in [1.29, 1.82) is 0 Å². The van der Waals surface area contributed by atoms with E-state index in [1.54, 1.807) is 18.2 Å². The molecule has 0 atom stereocenters. The van der Waals surface area contributed by atoms with Gasteiger partial charge in [-0.25, -0.2) is 8.78 Å². The average molecular weight is 272 g/mol. The van der Waals surface area contributed by atoms with Crippen molar-refractivity contribution in [3.63, 3.8) is 0 Å². The molecule has 0 radical (unpaired) electrons. The van der Waals surface area contributed by atoms with Gasteiger partial charge in [-0.15, -0.1) is 0 Å². The van der Waals surface area contributed by atoms with Gasteiger partial charge in [0.2, 0.25) is 5.92 Å². The van der Waals surface area contributed by atoms with Crippen molar-refractivity contribution in [3.8, 4) is 0 Å². The summed E-state index contributed by atoms with van der Waals surface area (Å²) in [5.74, 6) is -2.44. The zero-order valence-corrected chi connectivity index (χ0v) is 10.8. The highest BCUT2D eigenvalue weighted by molar-refractivity contribution is 6.32. The molecule has 1 aromatic carbocycles. The van der Waals surface area contributed by atoms with Crippen molar-refractivity contribution >= 4 is 22.9 Å². The summed E-state index contributed by atoms with van der Waals surface area (Å²) in [4.78, 5) is 0. The van der Waals surface area contributed by atoms with Crippen molar-refractivity contribution in [1.82, 2.24) is 0 Å². The van der Waals surface area contributed by atoms with Gasteiger partial charge in [0.25, 0.3) is 0 Å². The van der Waals surface area contributed by atoms with Gasteiger partial charge in [-0.2, -0.15) is 0 Å². The fraction of sp³-hybridized carbons (Fsp3) is 0.429. The van der Waals surface area contributed by atoms with Gasteiger partial charge in [0, 0.05) is 23.6 Å². The molecule has 4 heteroatoms. The highest BCUT2D eigenvalue weighted by atomic mass is 35.5. The quantitative estimate of drug-likeness (QED) is 0.771. The van der Waals surface area contributed by atoms with E-state index in [1.807, 2.05) is 0 Å². The predicted octanol–water partition coefficient (Wildman–Crippen LogP) is 4.76. The SMILES string of the molecule is C=C(c1cc(N)ccc1Cl)C1CCC(F)(F)CC1. The molecule has 18 heavy (non-hydrogen) atoms. The average Bonchev–Trinajstić information content (AvgIpc) is 2.31. The second-order valence-electron chi connectivity index (χ2n) is 4.89. The number of halogens is 3. The number of nitrogen functional groups attached to an aromatic ring is 1. The van der Waals surface area contributed by atoms with Crippen LogP contribution in [0.2, 0.25) is 5.02 Å². The fourth-order valence-corrected chi connectivity index (χ4v) is 2.64. The second-order valence-corrected chi connectivity index (χ2v) is 5.30. The normalized spacial score (nSPS) is 19.7. The second kappa shape index (κ2) is 4.88. The van der Waals surface area contributed by atoms with E-state index in [9.17, 15) is 8.78 Å². The monoisotopic (exact) mass is 271 g/mol. The van der Waals surface area contributed by atoms with E-state index in [-0.39, 0.29) is 18.8 Å². The topological polar surface area (TPSA) is 26.0 Å². The molecule has 1 fully saturated rings. The van der Waals surface area contributed by atoms with E-state index >= 15 is 0 Å². The summed E-state index contributed by atoms with van der Waals surface area (Å²) in [5, 5.41) is 0.575. The molecular formula is C14H16ClF2N. The first kappa shape index (κ1) is 13.3. The summed E-state index contributed by atoms with van der Waals surface area (Å²) in [5.41, 5.74) is 7.93. The summed E-state index contributed by atoms with van der Waals surface area (Å²) in [7, 11) is 0. The van der Waals surface area contributed by atoms with E-state index < -0.39 is 5.92 Å². The number of benzene rings is 1. The van der Waals surface area contributed by atoms with Gasteiger partial charge in [-0.1, -0.05) is 18.2 Å². The number of rotatable bonds is 2. The molecule has 2 rings (SSSR count). The van der Waals surface area contributed by atoms with E-state index in [0.29, 0.717) is 23.6 Å². The molecule has 0 aromatic heterocycles. The zero-order chi connectivity index (χ0) is 13.3. The standard InChI is InChI=1S/C14H16ClF2N/c1-9(10-4-6-14(16,17)7-5-10)12-8-11(18)2-3-13(12)15/h2-3,8,10H,1,4-7,18H2. The Balaban J connectivity index is 2.15. The minimum absolute atomic E-state index is 0.0728. The first-order valence-corrected chi connectivity index (χ1v) is 6.39. The van der Waals surface area contributed by atoms with Crippen molar-refractivity contribution in [2.45, 2.75) is 31.6 Å². The Hall–Kier alpha value is -1.09. The Labute approximate surface area is 111 Å². The molecule has 1 aliphatic carbocycles. The lowest BCUT2D eigenvalue weighted by molar-refractivity contribution is -0.0401. The van der Waals surface area contributed by atoms with E-state index in [2.05, 4.69) is 6.58 Å². The first-order chi connectivity index (χ1) is 8.39. The summed E-state index contributed by atoms with van der Waals surface area (Å²) >= 11 is 6.10. The number of allylic oxidation sites excluding steroid dienone is 1. The fourth-order valence-electron chi connectivity index (χ4n) is 2.40. The molecule has 0 spiro atoms. The molecule has 0 aliphatic heterocycles. The van der Waals surface area contributed by atoms with Gasteiger partial charge in [0.15, 0.2) is 0 Å². The summed E-state index contributed by atoms with van der Waals surface area (Å²) < 4.78 is 26.2. The van der Waals surface area contributed by atoms with Crippen LogP contribution in [0.25, 0.3) is 5.57 Å². The lowest BCUT2D eigenvalue weighted by Crippen LogP contribution is -2.25. The number of anilines is 1. The summed E-state index contributed by atoms with van der Waals surface area (Å²) in [6.45, 7) is 4.01. The van der Waals surface area contributed by atoms with Crippen LogP contribution >= 0.6 is 11.6 Å². The highest BCUT2D eigenvalue weighted by Gasteiger charge is 2.36. The molecule has 1 saturated carbocycles. The van der Waals surface area contributed by atoms with Gasteiger partial charge in [0.1, 0.15) is 0 Å². The third-order valence-corrected chi connectivity index (χ3v) is 3.88.